The number of hydrogen-bond donors (Lipinski definition) is 5. The third-order valence-corrected chi connectivity index (χ3v) is 12.0. The highest BCUT2D eigenvalue weighted by Crippen LogP contribution is 2.41. The number of ether oxygens (including phenoxy) is 6. The van der Waals surface area contributed by atoms with Gasteiger partial charge in [-0.25, -0.2) is 0 Å². The van der Waals surface area contributed by atoms with Crippen LogP contribution in [0.4, 0.5) is 0 Å². The Morgan fingerprint density at radius 1 is 0.860 bits per heavy atom. The summed E-state index contributed by atoms with van der Waals surface area (Å²) in [4.78, 5) is 16.2. The number of cyclic esters (lactones) is 1. The van der Waals surface area contributed by atoms with E-state index in [4.69, 9.17) is 28.4 Å². The van der Waals surface area contributed by atoms with Gasteiger partial charge in [0, 0.05) is 37.8 Å². The van der Waals surface area contributed by atoms with Gasteiger partial charge in [-0.2, -0.15) is 0 Å². The highest BCUT2D eigenvalue weighted by molar-refractivity contribution is 5.73. The van der Waals surface area contributed by atoms with Crippen molar-refractivity contribution in [2.45, 2.75) is 186 Å². The predicted octanol–water partition coefficient (Wildman–Crippen LogP) is 2.61. The smallest absolute Gasteiger partial charge is 0.311 e. The molecule has 294 valence electrons. The Balaban J connectivity index is 2.15. The fourth-order valence-corrected chi connectivity index (χ4v) is 8.53. The standard InChI is InChI=1S/C37H69NO12/c1-14-26-37(10,44)31(40)21(4)29(39)19(2)17-35(8,43)33(50-27-16-25(38(11)12)15-20(3)46-27)22(5)30(23(6)34(42)48-26)49-28-18-36(9,45-13)32(41)24(7)47-28/h19-33,39-41,43-44H,14-18H2,1-13H3/t19-,20-,21+,22+,23-,24+,25+,26-,27+,28+,29+,30+,31-,32+,33-,35-,36-,37-/m1/s1. The highest BCUT2D eigenvalue weighted by Gasteiger charge is 2.53. The van der Waals surface area contributed by atoms with Gasteiger partial charge in [-0.15, -0.1) is 0 Å². The zero-order valence-corrected chi connectivity index (χ0v) is 32.7. The number of esters is 1. The zero-order chi connectivity index (χ0) is 38.1. The van der Waals surface area contributed by atoms with E-state index in [0.717, 1.165) is 6.42 Å². The van der Waals surface area contributed by atoms with Gasteiger partial charge in [0.05, 0.1) is 53.7 Å². The van der Waals surface area contributed by atoms with Crippen molar-refractivity contribution in [3.05, 3.63) is 0 Å². The second-order valence-electron chi connectivity index (χ2n) is 16.6. The van der Waals surface area contributed by atoms with Crippen LogP contribution in [0.3, 0.4) is 0 Å². The van der Waals surface area contributed by atoms with Gasteiger partial charge < -0.3 is 58.9 Å². The van der Waals surface area contributed by atoms with Crippen LogP contribution in [0.25, 0.3) is 0 Å². The molecule has 13 heteroatoms. The Morgan fingerprint density at radius 2 is 1.48 bits per heavy atom. The van der Waals surface area contributed by atoms with E-state index in [1.54, 1.807) is 48.5 Å². The van der Waals surface area contributed by atoms with Crippen molar-refractivity contribution in [3.63, 3.8) is 0 Å². The molecule has 3 aliphatic heterocycles. The van der Waals surface area contributed by atoms with Gasteiger partial charge in [0.2, 0.25) is 0 Å². The number of aliphatic hydroxyl groups is 5. The second kappa shape index (κ2) is 17.0. The maximum atomic E-state index is 14.1. The van der Waals surface area contributed by atoms with E-state index in [0.29, 0.717) is 6.42 Å². The summed E-state index contributed by atoms with van der Waals surface area (Å²) in [6.45, 7) is 17.2. The minimum absolute atomic E-state index is 0.0510. The molecule has 0 radical (unpaired) electrons. The SMILES string of the molecule is CC[C@H]1OC(=O)[C@H](C)[C@@H](O[C@H]2C[C@@](C)(OC)[C@@H](O)[C@H](C)O2)[C@H](C)[C@@H](O[C@H]2C[C@@H](N(C)C)C[C@@H](C)O2)[C@](C)(O)C[C@@H](C)[C@H](O)[C@H](C)[C@@H](O)[C@]1(C)O. The number of nitrogens with zero attached hydrogens (tertiary/aromatic N) is 1. The van der Waals surface area contributed by atoms with Gasteiger partial charge in [0.15, 0.2) is 12.6 Å². The molecule has 0 aromatic heterocycles. The van der Waals surface area contributed by atoms with E-state index < -0.39 is 102 Å². The molecule has 0 aromatic rings. The van der Waals surface area contributed by atoms with Gasteiger partial charge in [0.25, 0.3) is 0 Å². The van der Waals surface area contributed by atoms with Crippen LogP contribution < -0.4 is 0 Å². The maximum Gasteiger partial charge on any atom is 0.311 e. The number of carbonyl (C=O) groups is 1. The van der Waals surface area contributed by atoms with Gasteiger partial charge in [-0.3, -0.25) is 4.79 Å². The average Bonchev–Trinajstić information content (AvgIpc) is 3.04. The fourth-order valence-electron chi connectivity index (χ4n) is 8.53. The molecule has 3 heterocycles. The molecule has 3 saturated heterocycles. The van der Waals surface area contributed by atoms with Crippen molar-refractivity contribution in [2.24, 2.45) is 23.7 Å². The Morgan fingerprint density at radius 3 is 2.04 bits per heavy atom. The van der Waals surface area contributed by atoms with E-state index in [1.165, 1.54) is 14.0 Å². The Bertz CT molecular complexity index is 1090. The third-order valence-electron chi connectivity index (χ3n) is 12.0. The van der Waals surface area contributed by atoms with Crippen LogP contribution >= 0.6 is 0 Å². The lowest BCUT2D eigenvalue weighted by atomic mass is 9.73. The van der Waals surface area contributed by atoms with Crippen molar-refractivity contribution < 1.29 is 58.7 Å². The number of carbonyl (C=O) groups excluding carboxylic acids is 1. The van der Waals surface area contributed by atoms with Crippen LogP contribution in [-0.4, -0.2) is 142 Å². The Hall–Kier alpha value is -0.970. The minimum atomic E-state index is -1.90. The molecule has 50 heavy (non-hydrogen) atoms. The molecule has 0 spiro atoms. The largest absolute Gasteiger partial charge is 0.459 e. The molecule has 0 bridgehead atoms. The van der Waals surface area contributed by atoms with Crippen LogP contribution in [0.5, 0.6) is 0 Å². The van der Waals surface area contributed by atoms with Crippen LogP contribution in [0, 0.1) is 23.7 Å². The lowest BCUT2D eigenvalue weighted by molar-refractivity contribution is -0.309. The lowest BCUT2D eigenvalue weighted by Gasteiger charge is -2.49. The van der Waals surface area contributed by atoms with Crippen molar-refractivity contribution >= 4 is 5.97 Å². The molecule has 0 aliphatic carbocycles. The van der Waals surface area contributed by atoms with Gasteiger partial charge in [-0.1, -0.05) is 27.7 Å². The summed E-state index contributed by atoms with van der Waals surface area (Å²) in [5.74, 6) is -3.75. The zero-order valence-electron chi connectivity index (χ0n) is 32.7. The first kappa shape index (κ1) is 43.4. The molecule has 13 nitrogen and oxygen atoms in total. The molecule has 0 unspecified atom stereocenters. The molecule has 0 aromatic carbocycles. The van der Waals surface area contributed by atoms with E-state index in [1.807, 2.05) is 27.9 Å². The summed E-state index contributed by atoms with van der Waals surface area (Å²) < 4.78 is 37.5. The summed E-state index contributed by atoms with van der Waals surface area (Å²) >= 11 is 0. The molecular formula is C37H69NO12. The quantitative estimate of drug-likeness (QED) is 0.243. The van der Waals surface area contributed by atoms with E-state index in [9.17, 15) is 30.3 Å². The molecule has 3 aliphatic rings. The fraction of sp³-hybridized carbons (Fsp3) is 0.973. The van der Waals surface area contributed by atoms with Crippen molar-refractivity contribution in [3.8, 4) is 0 Å². The van der Waals surface area contributed by atoms with Crippen molar-refractivity contribution in [1.29, 1.82) is 0 Å². The molecule has 18 atom stereocenters. The molecular weight excluding hydrogens is 650 g/mol. The molecule has 0 amide bonds. The van der Waals surface area contributed by atoms with Crippen LogP contribution in [-0.2, 0) is 33.2 Å². The number of aliphatic hydroxyl groups excluding tert-OH is 3. The predicted molar refractivity (Wildman–Crippen MR) is 186 cm³/mol. The molecule has 3 fully saturated rings. The van der Waals surface area contributed by atoms with E-state index in [-0.39, 0.29) is 31.4 Å². The monoisotopic (exact) mass is 719 g/mol. The first-order valence-corrected chi connectivity index (χ1v) is 18.5. The molecule has 0 saturated carbocycles. The van der Waals surface area contributed by atoms with Gasteiger partial charge in [-0.05, 0) is 80.8 Å². The van der Waals surface area contributed by atoms with Gasteiger partial charge in [0.1, 0.15) is 17.8 Å². The summed E-state index contributed by atoms with van der Waals surface area (Å²) in [5, 5.41) is 57.8. The number of hydrogen-bond acceptors (Lipinski definition) is 13. The van der Waals surface area contributed by atoms with E-state index >= 15 is 0 Å². The highest BCUT2D eigenvalue weighted by atomic mass is 16.7. The topological polar surface area (TPSA) is 177 Å². The Kier molecular flexibility index (Phi) is 14.8. The normalized spacial score (nSPS) is 50.5. The van der Waals surface area contributed by atoms with Crippen LogP contribution in [0.2, 0.25) is 0 Å². The van der Waals surface area contributed by atoms with Crippen LogP contribution in [0.15, 0.2) is 0 Å². The lowest BCUT2D eigenvalue weighted by Crippen LogP contribution is -2.60. The summed E-state index contributed by atoms with van der Waals surface area (Å²) in [5.41, 5.74) is -4.51. The molecule has 5 N–H and O–H groups in total. The van der Waals surface area contributed by atoms with Crippen molar-refractivity contribution in [1.82, 2.24) is 4.90 Å². The molecule has 3 rings (SSSR count). The number of methoxy groups -OCH3 is 1. The summed E-state index contributed by atoms with van der Waals surface area (Å²) in [6.07, 6.45) is -7.23. The van der Waals surface area contributed by atoms with Crippen molar-refractivity contribution in [2.75, 3.05) is 21.2 Å². The first-order valence-electron chi connectivity index (χ1n) is 18.5. The first-order chi connectivity index (χ1) is 23.0. The second-order valence-corrected chi connectivity index (χ2v) is 16.6. The van der Waals surface area contributed by atoms with Gasteiger partial charge >= 0.3 is 5.97 Å². The minimum Gasteiger partial charge on any atom is -0.459 e. The average molecular weight is 720 g/mol. The number of rotatable bonds is 7. The maximum absolute atomic E-state index is 14.1. The van der Waals surface area contributed by atoms with Crippen LogP contribution in [0.1, 0.15) is 101 Å². The third kappa shape index (κ3) is 9.57. The Labute approximate surface area is 299 Å². The van der Waals surface area contributed by atoms with E-state index in [2.05, 4.69) is 4.90 Å². The summed E-state index contributed by atoms with van der Waals surface area (Å²) in [7, 11) is 5.52. The summed E-state index contributed by atoms with van der Waals surface area (Å²) in [6, 6.07) is 0.167.